The first-order valence-corrected chi connectivity index (χ1v) is 7.44. The van der Waals surface area contributed by atoms with Crippen molar-refractivity contribution in [3.05, 3.63) is 24.2 Å². The zero-order chi connectivity index (χ0) is 13.5. The van der Waals surface area contributed by atoms with Crippen molar-refractivity contribution in [1.82, 2.24) is 15.1 Å². The summed E-state index contributed by atoms with van der Waals surface area (Å²) >= 11 is 0. The fourth-order valence-corrected chi connectivity index (χ4v) is 2.87. The minimum atomic E-state index is 0.767. The molecular formula is C15H27N3O. The zero-order valence-electron chi connectivity index (χ0n) is 12.3. The first-order valence-electron chi connectivity index (χ1n) is 7.44. The molecule has 1 saturated heterocycles. The number of rotatable bonds is 8. The number of hydrogen-bond donors (Lipinski definition) is 1. The summed E-state index contributed by atoms with van der Waals surface area (Å²) in [5, 5.41) is 3.45. The van der Waals surface area contributed by atoms with Crippen LogP contribution in [0.25, 0.3) is 0 Å². The molecule has 1 fully saturated rings. The minimum Gasteiger partial charge on any atom is -0.472 e. The Bertz CT molecular complexity index is 339. The third kappa shape index (κ3) is 4.64. The van der Waals surface area contributed by atoms with Crippen molar-refractivity contribution in [2.45, 2.75) is 32.4 Å². The van der Waals surface area contributed by atoms with Gasteiger partial charge in [-0.15, -0.1) is 0 Å². The molecule has 1 aromatic heterocycles. The second-order valence-electron chi connectivity index (χ2n) is 5.50. The lowest BCUT2D eigenvalue weighted by Crippen LogP contribution is -2.40. The summed E-state index contributed by atoms with van der Waals surface area (Å²) in [5.41, 5.74) is 1.22. The molecule has 4 nitrogen and oxygen atoms in total. The molecule has 0 radical (unpaired) electrons. The van der Waals surface area contributed by atoms with Crippen LogP contribution in [0.15, 0.2) is 23.0 Å². The van der Waals surface area contributed by atoms with E-state index in [0.29, 0.717) is 0 Å². The van der Waals surface area contributed by atoms with Gasteiger partial charge in [0.05, 0.1) is 12.5 Å². The SMILES string of the molecule is CCN1CCCC1CN(C)CCNCc1ccoc1. The van der Waals surface area contributed by atoms with Gasteiger partial charge in [0, 0.05) is 37.8 Å². The largest absolute Gasteiger partial charge is 0.472 e. The predicted octanol–water partition coefficient (Wildman–Crippen LogP) is 1.79. The monoisotopic (exact) mass is 265 g/mol. The molecule has 0 aromatic carbocycles. The molecule has 4 heteroatoms. The Morgan fingerprint density at radius 2 is 2.42 bits per heavy atom. The lowest BCUT2D eigenvalue weighted by atomic mass is 10.2. The Hall–Kier alpha value is -0.840. The van der Waals surface area contributed by atoms with Crippen molar-refractivity contribution in [2.24, 2.45) is 0 Å². The molecule has 108 valence electrons. The van der Waals surface area contributed by atoms with Crippen LogP contribution in [0.4, 0.5) is 0 Å². The molecule has 0 amide bonds. The number of furan rings is 1. The third-order valence-corrected chi connectivity index (χ3v) is 4.01. The molecule has 0 bridgehead atoms. The maximum atomic E-state index is 5.05. The maximum absolute atomic E-state index is 5.05. The molecule has 2 rings (SSSR count). The van der Waals surface area contributed by atoms with Crippen LogP contribution >= 0.6 is 0 Å². The van der Waals surface area contributed by atoms with Gasteiger partial charge >= 0.3 is 0 Å². The lowest BCUT2D eigenvalue weighted by molar-refractivity contribution is 0.199. The van der Waals surface area contributed by atoms with Gasteiger partial charge in [0.15, 0.2) is 0 Å². The summed E-state index contributed by atoms with van der Waals surface area (Å²) in [6.07, 6.45) is 6.25. The van der Waals surface area contributed by atoms with Gasteiger partial charge in [-0.05, 0) is 39.0 Å². The number of nitrogens with one attached hydrogen (secondary N) is 1. The van der Waals surface area contributed by atoms with Crippen LogP contribution in [-0.2, 0) is 6.54 Å². The molecule has 0 aliphatic carbocycles. The lowest BCUT2D eigenvalue weighted by Gasteiger charge is -2.27. The molecule has 0 saturated carbocycles. The maximum Gasteiger partial charge on any atom is 0.0947 e. The molecule has 19 heavy (non-hydrogen) atoms. The molecule has 0 spiro atoms. The van der Waals surface area contributed by atoms with Gasteiger partial charge in [0.25, 0.3) is 0 Å². The predicted molar refractivity (Wildman–Crippen MR) is 78.2 cm³/mol. The fraction of sp³-hybridized carbons (Fsp3) is 0.733. The van der Waals surface area contributed by atoms with Crippen LogP contribution in [0.1, 0.15) is 25.3 Å². The van der Waals surface area contributed by atoms with Gasteiger partial charge in [-0.2, -0.15) is 0 Å². The van der Waals surface area contributed by atoms with Crippen LogP contribution < -0.4 is 5.32 Å². The van der Waals surface area contributed by atoms with Crippen LogP contribution in [0.3, 0.4) is 0 Å². The molecular weight excluding hydrogens is 238 g/mol. The summed E-state index contributed by atoms with van der Waals surface area (Å²) in [6, 6.07) is 2.78. The van der Waals surface area contributed by atoms with Crippen molar-refractivity contribution in [2.75, 3.05) is 39.8 Å². The van der Waals surface area contributed by atoms with Crippen molar-refractivity contribution in [3.63, 3.8) is 0 Å². The second-order valence-corrected chi connectivity index (χ2v) is 5.50. The first kappa shape index (κ1) is 14.6. The highest BCUT2D eigenvalue weighted by Gasteiger charge is 2.23. The van der Waals surface area contributed by atoms with Gasteiger partial charge in [0.2, 0.25) is 0 Å². The summed E-state index contributed by atoms with van der Waals surface area (Å²) in [6.45, 7) is 8.97. The highest BCUT2D eigenvalue weighted by Crippen LogP contribution is 2.16. The van der Waals surface area contributed by atoms with Crippen LogP contribution in [0, 0.1) is 0 Å². The van der Waals surface area contributed by atoms with E-state index >= 15 is 0 Å². The van der Waals surface area contributed by atoms with E-state index in [4.69, 9.17) is 4.42 Å². The van der Waals surface area contributed by atoms with Crippen molar-refractivity contribution in [3.8, 4) is 0 Å². The third-order valence-electron chi connectivity index (χ3n) is 4.01. The van der Waals surface area contributed by atoms with E-state index in [1.54, 1.807) is 12.5 Å². The van der Waals surface area contributed by atoms with E-state index < -0.39 is 0 Å². The van der Waals surface area contributed by atoms with E-state index in [1.165, 1.54) is 38.0 Å². The van der Waals surface area contributed by atoms with Crippen molar-refractivity contribution in [1.29, 1.82) is 0 Å². The summed E-state index contributed by atoms with van der Waals surface area (Å²) in [5.74, 6) is 0. The van der Waals surface area contributed by atoms with Gasteiger partial charge in [-0.3, -0.25) is 4.90 Å². The Kier molecular flexibility index (Phi) is 5.89. The Balaban J connectivity index is 1.58. The van der Waals surface area contributed by atoms with E-state index in [1.807, 2.05) is 6.07 Å². The highest BCUT2D eigenvalue weighted by atomic mass is 16.3. The molecule has 1 N–H and O–H groups in total. The Labute approximate surface area is 116 Å². The Morgan fingerprint density at radius 3 is 3.16 bits per heavy atom. The van der Waals surface area contributed by atoms with Gasteiger partial charge in [-0.25, -0.2) is 0 Å². The van der Waals surface area contributed by atoms with Crippen LogP contribution in [0.2, 0.25) is 0 Å². The average Bonchev–Trinajstić information content (AvgIpc) is 3.05. The van der Waals surface area contributed by atoms with E-state index in [0.717, 1.165) is 25.7 Å². The van der Waals surface area contributed by atoms with Gasteiger partial charge in [-0.1, -0.05) is 6.92 Å². The van der Waals surface area contributed by atoms with Crippen LogP contribution in [-0.4, -0.2) is 55.6 Å². The smallest absolute Gasteiger partial charge is 0.0947 e. The average molecular weight is 265 g/mol. The summed E-state index contributed by atoms with van der Waals surface area (Å²) in [7, 11) is 2.23. The topological polar surface area (TPSA) is 31.6 Å². The van der Waals surface area contributed by atoms with E-state index in [-0.39, 0.29) is 0 Å². The zero-order valence-corrected chi connectivity index (χ0v) is 12.3. The summed E-state index contributed by atoms with van der Waals surface area (Å²) in [4.78, 5) is 5.05. The van der Waals surface area contributed by atoms with Crippen molar-refractivity contribution < 1.29 is 4.42 Å². The molecule has 1 aliphatic rings. The van der Waals surface area contributed by atoms with Crippen LogP contribution in [0.5, 0.6) is 0 Å². The normalized spacial score (nSPS) is 20.5. The second kappa shape index (κ2) is 7.68. The number of likely N-dealkylation sites (tertiary alicyclic amines) is 1. The number of hydrogen-bond acceptors (Lipinski definition) is 4. The molecule has 1 unspecified atom stereocenters. The highest BCUT2D eigenvalue weighted by molar-refractivity contribution is 5.04. The Morgan fingerprint density at radius 1 is 1.53 bits per heavy atom. The molecule has 1 atom stereocenters. The van der Waals surface area contributed by atoms with E-state index in [2.05, 4.69) is 29.1 Å². The van der Waals surface area contributed by atoms with Gasteiger partial charge in [0.1, 0.15) is 0 Å². The van der Waals surface area contributed by atoms with Crippen molar-refractivity contribution >= 4 is 0 Å². The number of nitrogens with zero attached hydrogens (tertiary/aromatic N) is 2. The number of likely N-dealkylation sites (N-methyl/N-ethyl adjacent to an activating group) is 2. The molecule has 1 aliphatic heterocycles. The summed E-state index contributed by atoms with van der Waals surface area (Å²) < 4.78 is 5.05. The van der Waals surface area contributed by atoms with Gasteiger partial charge < -0.3 is 14.6 Å². The quantitative estimate of drug-likeness (QED) is 0.726. The molecule has 1 aromatic rings. The first-order chi connectivity index (χ1) is 9.29. The standard InChI is InChI=1S/C15H27N3O/c1-3-18-8-4-5-15(18)12-17(2)9-7-16-11-14-6-10-19-13-14/h6,10,13,15-16H,3-5,7-9,11-12H2,1-2H3. The molecule has 2 heterocycles. The minimum absolute atomic E-state index is 0.767. The van der Waals surface area contributed by atoms with E-state index in [9.17, 15) is 0 Å². The fourth-order valence-electron chi connectivity index (χ4n) is 2.87.